The standard InChI is InChI=1S/C25H29F2N3O3/c1-32-19-3-4-23-21(15-19)20(6-9-29-23)24(31)16-30-11-7-18(8-12-30)28-10-13-33-25-5-2-17(26)14-22(25)27/h2-6,9,14-15,18,24,28,31H,7-8,10-13,16H2,1H3/t24-/m0/s1. The third kappa shape index (κ3) is 5.96. The highest BCUT2D eigenvalue weighted by atomic mass is 19.1. The summed E-state index contributed by atoms with van der Waals surface area (Å²) < 4.78 is 37.3. The first-order valence-electron chi connectivity index (χ1n) is 11.2. The Bertz CT molecular complexity index is 1070. The van der Waals surface area contributed by atoms with E-state index in [2.05, 4.69) is 15.2 Å². The van der Waals surface area contributed by atoms with Crippen LogP contribution in [-0.4, -0.2) is 60.9 Å². The number of nitrogens with zero attached hydrogens (tertiary/aromatic N) is 2. The highest BCUT2D eigenvalue weighted by molar-refractivity contribution is 5.83. The lowest BCUT2D eigenvalue weighted by Gasteiger charge is -2.33. The Balaban J connectivity index is 1.23. The van der Waals surface area contributed by atoms with E-state index in [-0.39, 0.29) is 5.75 Å². The monoisotopic (exact) mass is 457 g/mol. The number of aliphatic hydroxyl groups excluding tert-OH is 1. The molecule has 1 aliphatic rings. The molecule has 0 radical (unpaired) electrons. The Kier molecular flexibility index (Phi) is 7.69. The van der Waals surface area contributed by atoms with Gasteiger partial charge in [-0.05, 0) is 67.9 Å². The number of hydrogen-bond donors (Lipinski definition) is 2. The minimum absolute atomic E-state index is 0.0586. The SMILES string of the molecule is COc1ccc2nccc([C@@H](O)CN3CCC(NCCOc4ccc(F)cc4F)CC3)c2c1. The number of hydrogen-bond acceptors (Lipinski definition) is 6. The minimum Gasteiger partial charge on any atom is -0.497 e. The number of halogens is 2. The first kappa shape index (κ1) is 23.4. The number of piperidine rings is 1. The van der Waals surface area contributed by atoms with Gasteiger partial charge in [0, 0.05) is 36.8 Å². The van der Waals surface area contributed by atoms with Gasteiger partial charge in [0.1, 0.15) is 18.2 Å². The van der Waals surface area contributed by atoms with Gasteiger partial charge in [-0.3, -0.25) is 4.98 Å². The molecule has 0 bridgehead atoms. The van der Waals surface area contributed by atoms with Crippen LogP contribution in [0.3, 0.4) is 0 Å². The second-order valence-corrected chi connectivity index (χ2v) is 8.25. The molecule has 1 atom stereocenters. The number of β-amino-alcohol motifs (C(OH)–C–C–N with tert-alkyl or cyclic N) is 1. The zero-order valence-corrected chi connectivity index (χ0v) is 18.6. The van der Waals surface area contributed by atoms with Crippen LogP contribution in [0.2, 0.25) is 0 Å². The van der Waals surface area contributed by atoms with Crippen LogP contribution in [0, 0.1) is 11.6 Å². The van der Waals surface area contributed by atoms with Crippen molar-refractivity contribution in [2.45, 2.75) is 25.0 Å². The molecule has 6 nitrogen and oxygen atoms in total. The van der Waals surface area contributed by atoms with Crippen molar-refractivity contribution in [2.75, 3.05) is 39.9 Å². The van der Waals surface area contributed by atoms with Gasteiger partial charge in [-0.25, -0.2) is 8.78 Å². The van der Waals surface area contributed by atoms with E-state index >= 15 is 0 Å². The quantitative estimate of drug-likeness (QED) is 0.478. The Hall–Kier alpha value is -2.81. The first-order valence-corrected chi connectivity index (χ1v) is 11.2. The summed E-state index contributed by atoms with van der Waals surface area (Å²) in [6, 6.07) is 11.2. The number of rotatable bonds is 9. The smallest absolute Gasteiger partial charge is 0.167 e. The zero-order valence-electron chi connectivity index (χ0n) is 18.6. The molecule has 3 aromatic rings. The van der Waals surface area contributed by atoms with Crippen molar-refractivity contribution < 1.29 is 23.4 Å². The van der Waals surface area contributed by atoms with Crippen molar-refractivity contribution >= 4 is 10.9 Å². The van der Waals surface area contributed by atoms with E-state index in [0.29, 0.717) is 25.7 Å². The van der Waals surface area contributed by atoms with Gasteiger partial charge in [-0.1, -0.05) is 0 Å². The molecular formula is C25H29F2N3O3. The van der Waals surface area contributed by atoms with Gasteiger partial charge in [-0.15, -0.1) is 0 Å². The van der Waals surface area contributed by atoms with Gasteiger partial charge < -0.3 is 24.8 Å². The molecule has 176 valence electrons. The van der Waals surface area contributed by atoms with Crippen molar-refractivity contribution in [1.29, 1.82) is 0 Å². The molecular weight excluding hydrogens is 428 g/mol. The van der Waals surface area contributed by atoms with E-state index in [1.54, 1.807) is 13.3 Å². The summed E-state index contributed by atoms with van der Waals surface area (Å²) in [6.07, 6.45) is 3.00. The summed E-state index contributed by atoms with van der Waals surface area (Å²) in [7, 11) is 1.62. The number of likely N-dealkylation sites (tertiary alicyclic amines) is 1. The van der Waals surface area contributed by atoms with Gasteiger partial charge in [-0.2, -0.15) is 0 Å². The van der Waals surface area contributed by atoms with Crippen LogP contribution in [0.1, 0.15) is 24.5 Å². The Morgan fingerprint density at radius 1 is 1.15 bits per heavy atom. The minimum atomic E-state index is -0.692. The highest BCUT2D eigenvalue weighted by Gasteiger charge is 2.22. The average molecular weight is 458 g/mol. The van der Waals surface area contributed by atoms with E-state index < -0.39 is 17.7 Å². The number of aliphatic hydroxyl groups is 1. The molecule has 0 amide bonds. The second kappa shape index (κ2) is 10.9. The molecule has 0 spiro atoms. The lowest BCUT2D eigenvalue weighted by atomic mass is 10.0. The summed E-state index contributed by atoms with van der Waals surface area (Å²) >= 11 is 0. The topological polar surface area (TPSA) is 66.9 Å². The fourth-order valence-electron chi connectivity index (χ4n) is 4.24. The van der Waals surface area contributed by atoms with E-state index in [1.807, 2.05) is 24.3 Å². The molecule has 2 aromatic carbocycles. The fraction of sp³-hybridized carbons (Fsp3) is 0.400. The number of pyridine rings is 1. The number of methoxy groups -OCH3 is 1. The summed E-state index contributed by atoms with van der Waals surface area (Å²) in [5.74, 6) is -0.515. The van der Waals surface area contributed by atoms with Crippen LogP contribution >= 0.6 is 0 Å². The summed E-state index contributed by atoms with van der Waals surface area (Å²) in [6.45, 7) is 3.17. The molecule has 33 heavy (non-hydrogen) atoms. The molecule has 2 heterocycles. The van der Waals surface area contributed by atoms with Crippen LogP contribution in [0.4, 0.5) is 8.78 Å². The highest BCUT2D eigenvalue weighted by Crippen LogP contribution is 2.27. The Labute approximate surface area is 192 Å². The average Bonchev–Trinajstić information content (AvgIpc) is 2.83. The third-order valence-electron chi connectivity index (χ3n) is 6.05. The molecule has 1 fully saturated rings. The third-order valence-corrected chi connectivity index (χ3v) is 6.05. The normalized spacial score (nSPS) is 16.1. The van der Waals surface area contributed by atoms with Gasteiger partial charge in [0.2, 0.25) is 0 Å². The van der Waals surface area contributed by atoms with Crippen LogP contribution in [0.5, 0.6) is 11.5 Å². The summed E-state index contributed by atoms with van der Waals surface area (Å²) in [5, 5.41) is 15.3. The zero-order chi connectivity index (χ0) is 23.2. The van der Waals surface area contributed by atoms with Crippen LogP contribution in [0.15, 0.2) is 48.7 Å². The predicted molar refractivity (Wildman–Crippen MR) is 123 cm³/mol. The molecule has 8 heteroatoms. The maximum absolute atomic E-state index is 13.6. The van der Waals surface area contributed by atoms with Crippen molar-refractivity contribution in [2.24, 2.45) is 0 Å². The van der Waals surface area contributed by atoms with Gasteiger partial charge in [0.25, 0.3) is 0 Å². The van der Waals surface area contributed by atoms with Crippen LogP contribution in [-0.2, 0) is 0 Å². The van der Waals surface area contributed by atoms with Crippen molar-refractivity contribution in [3.05, 3.63) is 65.9 Å². The number of benzene rings is 2. The van der Waals surface area contributed by atoms with Gasteiger partial charge in [0.05, 0.1) is 18.7 Å². The van der Waals surface area contributed by atoms with Gasteiger partial charge >= 0.3 is 0 Å². The number of fused-ring (bicyclic) bond motifs is 1. The number of aromatic nitrogens is 1. The fourth-order valence-corrected chi connectivity index (χ4v) is 4.24. The lowest BCUT2D eigenvalue weighted by molar-refractivity contribution is 0.0945. The summed E-state index contributed by atoms with van der Waals surface area (Å²) in [5.41, 5.74) is 1.68. The van der Waals surface area contributed by atoms with Gasteiger partial charge in [0.15, 0.2) is 11.6 Å². The molecule has 0 unspecified atom stereocenters. The molecule has 1 aromatic heterocycles. The van der Waals surface area contributed by atoms with Crippen LogP contribution < -0.4 is 14.8 Å². The Morgan fingerprint density at radius 3 is 2.73 bits per heavy atom. The maximum Gasteiger partial charge on any atom is 0.167 e. The predicted octanol–water partition coefficient (Wildman–Crippen LogP) is 3.69. The lowest BCUT2D eigenvalue weighted by Crippen LogP contribution is -2.44. The van der Waals surface area contributed by atoms with Crippen LogP contribution in [0.25, 0.3) is 10.9 Å². The molecule has 1 saturated heterocycles. The number of nitrogens with one attached hydrogen (secondary N) is 1. The van der Waals surface area contributed by atoms with E-state index in [4.69, 9.17) is 9.47 Å². The number of ether oxygens (including phenoxy) is 2. The molecule has 0 saturated carbocycles. The van der Waals surface area contributed by atoms with Crippen molar-refractivity contribution in [1.82, 2.24) is 15.2 Å². The van der Waals surface area contributed by atoms with E-state index in [9.17, 15) is 13.9 Å². The summed E-state index contributed by atoms with van der Waals surface area (Å²) in [4.78, 5) is 6.65. The van der Waals surface area contributed by atoms with E-state index in [0.717, 1.165) is 54.2 Å². The van der Waals surface area contributed by atoms with Crippen molar-refractivity contribution in [3.63, 3.8) is 0 Å². The Morgan fingerprint density at radius 2 is 1.97 bits per heavy atom. The van der Waals surface area contributed by atoms with E-state index in [1.165, 1.54) is 12.1 Å². The molecule has 2 N–H and O–H groups in total. The maximum atomic E-state index is 13.6. The largest absolute Gasteiger partial charge is 0.497 e. The first-order chi connectivity index (χ1) is 16.0. The molecule has 4 rings (SSSR count). The molecule has 1 aliphatic heterocycles. The van der Waals surface area contributed by atoms with Crippen molar-refractivity contribution in [3.8, 4) is 11.5 Å². The molecule has 0 aliphatic carbocycles. The second-order valence-electron chi connectivity index (χ2n) is 8.25.